The molecule has 0 radical (unpaired) electrons. The van der Waals surface area contributed by atoms with Crippen LogP contribution in [0.1, 0.15) is 0 Å². The van der Waals surface area contributed by atoms with Gasteiger partial charge in [-0.15, -0.1) is 12.4 Å². The summed E-state index contributed by atoms with van der Waals surface area (Å²) in [4.78, 5) is 15.6. The SMILES string of the molecule is COc1cc(OC)c(-c2cc(-c3ccccc3)c3cc([N+](=O)[O-])ccc3n2)cc1Cl.Cl. The third kappa shape index (κ3) is 4.26. The van der Waals surface area contributed by atoms with Crippen molar-refractivity contribution in [3.8, 4) is 33.9 Å². The first-order chi connectivity index (χ1) is 14.5. The fourth-order valence-electron chi connectivity index (χ4n) is 3.38. The first-order valence-electron chi connectivity index (χ1n) is 9.08. The van der Waals surface area contributed by atoms with Crippen molar-refractivity contribution >= 4 is 40.6 Å². The number of aromatic nitrogens is 1. The molecule has 8 heteroatoms. The van der Waals surface area contributed by atoms with Gasteiger partial charge in [0.05, 0.1) is 35.4 Å². The standard InChI is InChI=1S/C23H17ClN2O4.ClH/c1-29-22-13-23(30-2)19(24)11-18(22)21-12-16(14-6-4-3-5-7-14)17-10-15(26(27)28)8-9-20(17)25-21;/h3-13H,1-2H3;1H. The molecule has 0 fully saturated rings. The van der Waals surface area contributed by atoms with E-state index in [2.05, 4.69) is 0 Å². The summed E-state index contributed by atoms with van der Waals surface area (Å²) in [6.45, 7) is 0. The zero-order valence-electron chi connectivity index (χ0n) is 16.7. The monoisotopic (exact) mass is 456 g/mol. The summed E-state index contributed by atoms with van der Waals surface area (Å²) in [5, 5.41) is 12.4. The minimum atomic E-state index is -0.408. The van der Waals surface area contributed by atoms with Crippen LogP contribution in [0.5, 0.6) is 11.5 Å². The average Bonchev–Trinajstić information content (AvgIpc) is 2.78. The molecule has 0 N–H and O–H groups in total. The summed E-state index contributed by atoms with van der Waals surface area (Å²) >= 11 is 6.36. The molecule has 3 aromatic carbocycles. The Morgan fingerprint density at radius 1 is 0.903 bits per heavy atom. The van der Waals surface area contributed by atoms with Crippen molar-refractivity contribution < 1.29 is 14.4 Å². The lowest BCUT2D eigenvalue weighted by molar-refractivity contribution is -0.384. The highest BCUT2D eigenvalue weighted by atomic mass is 35.5. The van der Waals surface area contributed by atoms with E-state index in [0.29, 0.717) is 38.7 Å². The van der Waals surface area contributed by atoms with Crippen molar-refractivity contribution in [1.29, 1.82) is 0 Å². The van der Waals surface area contributed by atoms with Gasteiger partial charge in [0.1, 0.15) is 11.5 Å². The van der Waals surface area contributed by atoms with E-state index in [9.17, 15) is 10.1 Å². The summed E-state index contributed by atoms with van der Waals surface area (Å²) < 4.78 is 10.8. The van der Waals surface area contributed by atoms with Gasteiger partial charge in [-0.25, -0.2) is 4.98 Å². The van der Waals surface area contributed by atoms with Crippen molar-refractivity contribution in [2.24, 2.45) is 0 Å². The predicted molar refractivity (Wildman–Crippen MR) is 125 cm³/mol. The maximum absolute atomic E-state index is 11.3. The van der Waals surface area contributed by atoms with Crippen LogP contribution in [-0.2, 0) is 0 Å². The van der Waals surface area contributed by atoms with E-state index in [-0.39, 0.29) is 18.1 Å². The highest BCUT2D eigenvalue weighted by Gasteiger charge is 2.17. The number of nitrogens with zero attached hydrogens (tertiary/aromatic N) is 2. The van der Waals surface area contributed by atoms with Crippen LogP contribution in [-0.4, -0.2) is 24.1 Å². The molecule has 0 amide bonds. The second-order valence-electron chi connectivity index (χ2n) is 6.57. The summed E-state index contributed by atoms with van der Waals surface area (Å²) in [5.41, 5.74) is 3.72. The number of nitro benzene ring substituents is 1. The molecule has 0 saturated carbocycles. The Bertz CT molecular complexity index is 1260. The minimum absolute atomic E-state index is 0. The molecule has 0 aliphatic heterocycles. The number of rotatable bonds is 5. The third-order valence-corrected chi connectivity index (χ3v) is 5.13. The van der Waals surface area contributed by atoms with Crippen LogP contribution in [0.25, 0.3) is 33.3 Å². The molecular weight excluding hydrogens is 439 g/mol. The van der Waals surface area contributed by atoms with Crippen LogP contribution in [0.15, 0.2) is 66.7 Å². The van der Waals surface area contributed by atoms with Crippen molar-refractivity contribution in [1.82, 2.24) is 4.98 Å². The van der Waals surface area contributed by atoms with Gasteiger partial charge in [0, 0.05) is 29.1 Å². The first-order valence-corrected chi connectivity index (χ1v) is 9.46. The number of hydrogen-bond donors (Lipinski definition) is 0. The Morgan fingerprint density at radius 3 is 2.26 bits per heavy atom. The van der Waals surface area contributed by atoms with E-state index in [1.807, 2.05) is 36.4 Å². The number of ether oxygens (including phenoxy) is 2. The van der Waals surface area contributed by atoms with Gasteiger partial charge in [0.15, 0.2) is 0 Å². The third-order valence-electron chi connectivity index (χ3n) is 4.84. The lowest BCUT2D eigenvalue weighted by atomic mass is 9.97. The smallest absolute Gasteiger partial charge is 0.270 e. The highest BCUT2D eigenvalue weighted by molar-refractivity contribution is 6.32. The molecule has 0 aliphatic carbocycles. The van der Waals surface area contributed by atoms with E-state index in [1.165, 1.54) is 13.2 Å². The van der Waals surface area contributed by atoms with E-state index >= 15 is 0 Å². The van der Waals surface area contributed by atoms with Crippen LogP contribution < -0.4 is 9.47 Å². The highest BCUT2D eigenvalue weighted by Crippen LogP contribution is 2.40. The molecule has 0 saturated heterocycles. The Hall–Kier alpha value is -3.35. The second kappa shape index (κ2) is 9.20. The fourth-order valence-corrected chi connectivity index (χ4v) is 3.62. The molecule has 6 nitrogen and oxygen atoms in total. The Kier molecular flexibility index (Phi) is 6.63. The van der Waals surface area contributed by atoms with Gasteiger partial charge < -0.3 is 9.47 Å². The molecule has 0 bridgehead atoms. The summed E-state index contributed by atoms with van der Waals surface area (Å²) in [6.07, 6.45) is 0. The number of pyridine rings is 1. The van der Waals surface area contributed by atoms with Crippen molar-refractivity contribution in [2.75, 3.05) is 14.2 Å². The fraction of sp³-hybridized carbons (Fsp3) is 0.0870. The summed E-state index contributed by atoms with van der Waals surface area (Å²) in [6, 6.07) is 19.7. The van der Waals surface area contributed by atoms with Crippen LogP contribution >= 0.6 is 24.0 Å². The van der Waals surface area contributed by atoms with Gasteiger partial charge in [0.25, 0.3) is 5.69 Å². The summed E-state index contributed by atoms with van der Waals surface area (Å²) in [5.74, 6) is 1.06. The van der Waals surface area contributed by atoms with E-state index < -0.39 is 4.92 Å². The molecule has 31 heavy (non-hydrogen) atoms. The molecule has 0 unspecified atom stereocenters. The van der Waals surface area contributed by atoms with E-state index in [1.54, 1.807) is 31.4 Å². The summed E-state index contributed by atoms with van der Waals surface area (Å²) in [7, 11) is 3.10. The minimum Gasteiger partial charge on any atom is -0.496 e. The van der Waals surface area contributed by atoms with Gasteiger partial charge in [-0.3, -0.25) is 10.1 Å². The molecule has 1 heterocycles. The number of non-ortho nitro benzene ring substituents is 1. The Morgan fingerprint density at radius 2 is 1.61 bits per heavy atom. The van der Waals surface area contributed by atoms with Crippen LogP contribution in [0.4, 0.5) is 5.69 Å². The van der Waals surface area contributed by atoms with Crippen LogP contribution in [0.2, 0.25) is 5.02 Å². The number of methoxy groups -OCH3 is 2. The molecular formula is C23H18Cl2N2O4. The van der Waals surface area contributed by atoms with Gasteiger partial charge in [0.2, 0.25) is 0 Å². The molecule has 1 aromatic heterocycles. The Balaban J connectivity index is 0.00000272. The molecule has 158 valence electrons. The maximum atomic E-state index is 11.3. The largest absolute Gasteiger partial charge is 0.496 e. The normalized spacial score (nSPS) is 10.4. The number of halogens is 2. The molecule has 0 aliphatic rings. The van der Waals surface area contributed by atoms with E-state index in [0.717, 1.165) is 11.1 Å². The predicted octanol–water partition coefficient (Wildman–Crippen LogP) is 6.57. The quantitative estimate of drug-likeness (QED) is 0.250. The lowest BCUT2D eigenvalue weighted by Crippen LogP contribution is -1.96. The molecule has 4 rings (SSSR count). The Labute approximate surface area is 190 Å². The molecule has 0 atom stereocenters. The number of benzene rings is 3. The average molecular weight is 457 g/mol. The van der Waals surface area contributed by atoms with Gasteiger partial charge in [-0.05, 0) is 29.3 Å². The van der Waals surface area contributed by atoms with E-state index in [4.69, 9.17) is 26.1 Å². The molecule has 4 aromatic rings. The van der Waals surface area contributed by atoms with Crippen molar-refractivity contribution in [3.63, 3.8) is 0 Å². The molecule has 0 spiro atoms. The van der Waals surface area contributed by atoms with Crippen LogP contribution in [0.3, 0.4) is 0 Å². The zero-order valence-corrected chi connectivity index (χ0v) is 18.2. The number of hydrogen-bond acceptors (Lipinski definition) is 5. The topological polar surface area (TPSA) is 74.5 Å². The number of fused-ring (bicyclic) bond motifs is 1. The van der Waals surface area contributed by atoms with Gasteiger partial charge in [-0.2, -0.15) is 0 Å². The zero-order chi connectivity index (χ0) is 21.3. The van der Waals surface area contributed by atoms with Gasteiger partial charge in [-0.1, -0.05) is 41.9 Å². The second-order valence-corrected chi connectivity index (χ2v) is 6.97. The maximum Gasteiger partial charge on any atom is 0.270 e. The lowest BCUT2D eigenvalue weighted by Gasteiger charge is -2.14. The van der Waals surface area contributed by atoms with Gasteiger partial charge >= 0.3 is 0 Å². The van der Waals surface area contributed by atoms with Crippen molar-refractivity contribution in [2.45, 2.75) is 0 Å². The van der Waals surface area contributed by atoms with Crippen molar-refractivity contribution in [3.05, 3.63) is 81.9 Å². The van der Waals surface area contributed by atoms with Crippen LogP contribution in [0, 0.1) is 10.1 Å². The first kappa shape index (κ1) is 22.3. The number of nitro groups is 1.